The Bertz CT molecular complexity index is 233. The SMILES string of the molecule is C=N/C=C\C=C1/CCC(CC)CNS1. The molecule has 78 valence electrons. The predicted octanol–water partition coefficient (Wildman–Crippen LogP) is 3.14. The Kier molecular flexibility index (Phi) is 5.64. The van der Waals surface area contributed by atoms with Gasteiger partial charge in [0.1, 0.15) is 0 Å². The summed E-state index contributed by atoms with van der Waals surface area (Å²) in [5.74, 6) is 0.829. The van der Waals surface area contributed by atoms with E-state index in [1.54, 1.807) is 18.1 Å². The van der Waals surface area contributed by atoms with E-state index in [4.69, 9.17) is 0 Å². The zero-order valence-corrected chi connectivity index (χ0v) is 9.52. The lowest BCUT2D eigenvalue weighted by molar-refractivity contribution is 0.479. The van der Waals surface area contributed by atoms with Crippen molar-refractivity contribution < 1.29 is 0 Å². The molecule has 0 bridgehead atoms. The van der Waals surface area contributed by atoms with Crippen molar-refractivity contribution in [3.8, 4) is 0 Å². The first-order chi connectivity index (χ1) is 6.86. The number of nitrogens with zero attached hydrogens (tertiary/aromatic N) is 1. The molecular formula is C11H18N2S. The molecule has 1 rings (SSSR count). The molecule has 0 saturated carbocycles. The Morgan fingerprint density at radius 2 is 2.57 bits per heavy atom. The third-order valence-electron chi connectivity index (χ3n) is 2.43. The van der Waals surface area contributed by atoms with E-state index in [0.717, 1.165) is 12.5 Å². The Labute approximate surface area is 90.7 Å². The quantitative estimate of drug-likeness (QED) is 0.571. The van der Waals surface area contributed by atoms with Crippen molar-refractivity contribution in [2.45, 2.75) is 26.2 Å². The molecule has 2 nitrogen and oxygen atoms in total. The van der Waals surface area contributed by atoms with Crippen LogP contribution in [0.5, 0.6) is 0 Å². The van der Waals surface area contributed by atoms with Crippen molar-refractivity contribution in [3.05, 3.63) is 23.3 Å². The van der Waals surface area contributed by atoms with E-state index in [2.05, 4.69) is 29.4 Å². The summed E-state index contributed by atoms with van der Waals surface area (Å²) >= 11 is 1.75. The fourth-order valence-electron chi connectivity index (χ4n) is 1.43. The summed E-state index contributed by atoms with van der Waals surface area (Å²) in [5.41, 5.74) is 0. The fourth-order valence-corrected chi connectivity index (χ4v) is 2.30. The molecule has 0 amide bonds. The lowest BCUT2D eigenvalue weighted by Gasteiger charge is -2.08. The Hall–Kier alpha value is -0.540. The lowest BCUT2D eigenvalue weighted by atomic mass is 10.0. The number of hydrogen-bond acceptors (Lipinski definition) is 3. The van der Waals surface area contributed by atoms with Gasteiger partial charge in [0.15, 0.2) is 0 Å². The monoisotopic (exact) mass is 210 g/mol. The van der Waals surface area contributed by atoms with Crippen LogP contribution in [0.25, 0.3) is 0 Å². The molecule has 0 aromatic carbocycles. The highest BCUT2D eigenvalue weighted by Crippen LogP contribution is 2.26. The molecule has 1 aliphatic rings. The van der Waals surface area contributed by atoms with Gasteiger partial charge in [-0.3, -0.25) is 9.71 Å². The number of aliphatic imine (C=N–C) groups is 1. The first-order valence-corrected chi connectivity index (χ1v) is 5.89. The van der Waals surface area contributed by atoms with Crippen molar-refractivity contribution in [2.24, 2.45) is 10.9 Å². The Morgan fingerprint density at radius 1 is 1.71 bits per heavy atom. The molecule has 1 aliphatic heterocycles. The summed E-state index contributed by atoms with van der Waals surface area (Å²) in [6, 6.07) is 0. The third kappa shape index (κ3) is 4.11. The summed E-state index contributed by atoms with van der Waals surface area (Å²) in [6.45, 7) is 6.78. The van der Waals surface area contributed by atoms with E-state index in [1.807, 2.05) is 6.08 Å². The van der Waals surface area contributed by atoms with Crippen molar-refractivity contribution in [2.75, 3.05) is 6.54 Å². The number of rotatable bonds is 3. The van der Waals surface area contributed by atoms with Crippen LogP contribution in [0.15, 0.2) is 28.2 Å². The van der Waals surface area contributed by atoms with Gasteiger partial charge in [-0.25, -0.2) is 0 Å². The van der Waals surface area contributed by atoms with E-state index < -0.39 is 0 Å². The Balaban J connectivity index is 2.44. The normalized spacial score (nSPS) is 26.6. The van der Waals surface area contributed by atoms with Gasteiger partial charge in [0.05, 0.1) is 0 Å². The zero-order valence-electron chi connectivity index (χ0n) is 8.70. The number of allylic oxidation sites excluding steroid dienone is 3. The minimum Gasteiger partial charge on any atom is -0.273 e. The average Bonchev–Trinajstić information content (AvgIpc) is 2.43. The second-order valence-electron chi connectivity index (χ2n) is 3.42. The van der Waals surface area contributed by atoms with Gasteiger partial charge >= 0.3 is 0 Å². The van der Waals surface area contributed by atoms with Crippen LogP contribution in [0.4, 0.5) is 0 Å². The molecule has 0 aromatic rings. The Morgan fingerprint density at radius 3 is 3.29 bits per heavy atom. The van der Waals surface area contributed by atoms with Gasteiger partial charge in [-0.1, -0.05) is 13.3 Å². The first kappa shape index (κ1) is 11.5. The number of nitrogens with one attached hydrogen (secondary N) is 1. The highest BCUT2D eigenvalue weighted by molar-refractivity contribution is 8.01. The van der Waals surface area contributed by atoms with Crippen molar-refractivity contribution >= 4 is 18.7 Å². The van der Waals surface area contributed by atoms with Gasteiger partial charge in [-0.05, 0) is 49.6 Å². The molecule has 1 unspecified atom stereocenters. The summed E-state index contributed by atoms with van der Waals surface area (Å²) in [5, 5.41) is 0. The van der Waals surface area contributed by atoms with Crippen molar-refractivity contribution in [3.63, 3.8) is 0 Å². The van der Waals surface area contributed by atoms with Crippen molar-refractivity contribution in [1.82, 2.24) is 4.72 Å². The van der Waals surface area contributed by atoms with Crippen molar-refractivity contribution in [1.29, 1.82) is 0 Å². The van der Waals surface area contributed by atoms with Crippen LogP contribution in [0.1, 0.15) is 26.2 Å². The van der Waals surface area contributed by atoms with Crippen LogP contribution in [0.3, 0.4) is 0 Å². The first-order valence-electron chi connectivity index (χ1n) is 5.08. The lowest BCUT2D eigenvalue weighted by Crippen LogP contribution is -2.13. The summed E-state index contributed by atoms with van der Waals surface area (Å²) < 4.78 is 3.39. The fraction of sp³-hybridized carbons (Fsp3) is 0.545. The highest BCUT2D eigenvalue weighted by atomic mass is 32.2. The standard InChI is InChI=1S/C11H18N2S/c1-3-10-6-7-11(14-13-9-10)5-4-8-12-2/h4-5,8,10,13H,2-3,6-7,9H2,1H3/b8-4-,11-5+. The van der Waals surface area contributed by atoms with Crippen LogP contribution in [0, 0.1) is 5.92 Å². The second kappa shape index (κ2) is 6.85. The van der Waals surface area contributed by atoms with Crippen LogP contribution in [-0.2, 0) is 0 Å². The maximum absolute atomic E-state index is 3.67. The maximum atomic E-state index is 3.67. The van der Waals surface area contributed by atoms with E-state index in [-0.39, 0.29) is 0 Å². The molecule has 0 radical (unpaired) electrons. The molecule has 1 atom stereocenters. The summed E-state index contributed by atoms with van der Waals surface area (Å²) in [4.78, 5) is 5.06. The summed E-state index contributed by atoms with van der Waals surface area (Å²) in [7, 11) is 0. The molecule has 0 aliphatic carbocycles. The predicted molar refractivity (Wildman–Crippen MR) is 65.4 cm³/mol. The molecular weight excluding hydrogens is 192 g/mol. The molecule has 3 heteroatoms. The van der Waals surface area contributed by atoms with E-state index >= 15 is 0 Å². The van der Waals surface area contributed by atoms with E-state index in [1.165, 1.54) is 24.2 Å². The van der Waals surface area contributed by atoms with Crippen LogP contribution >= 0.6 is 11.9 Å². The molecule has 14 heavy (non-hydrogen) atoms. The van der Waals surface area contributed by atoms with Gasteiger partial charge in [0.25, 0.3) is 0 Å². The van der Waals surface area contributed by atoms with Crippen LogP contribution in [0.2, 0.25) is 0 Å². The van der Waals surface area contributed by atoms with Crippen LogP contribution in [-0.4, -0.2) is 13.3 Å². The minimum absolute atomic E-state index is 0.829. The molecule has 1 heterocycles. The topological polar surface area (TPSA) is 24.4 Å². The smallest absolute Gasteiger partial charge is 0.0260 e. The molecule has 1 fully saturated rings. The van der Waals surface area contributed by atoms with Gasteiger partial charge in [0, 0.05) is 17.6 Å². The molecule has 0 spiro atoms. The zero-order chi connectivity index (χ0) is 10.2. The number of hydrogen-bond donors (Lipinski definition) is 1. The van der Waals surface area contributed by atoms with E-state index in [9.17, 15) is 0 Å². The van der Waals surface area contributed by atoms with Gasteiger partial charge in [-0.2, -0.15) is 0 Å². The molecule has 0 aromatic heterocycles. The van der Waals surface area contributed by atoms with Gasteiger partial charge < -0.3 is 0 Å². The molecule has 1 N–H and O–H groups in total. The highest BCUT2D eigenvalue weighted by Gasteiger charge is 2.12. The molecule has 1 saturated heterocycles. The van der Waals surface area contributed by atoms with E-state index in [0.29, 0.717) is 0 Å². The second-order valence-corrected chi connectivity index (χ2v) is 4.44. The minimum atomic E-state index is 0.829. The summed E-state index contributed by atoms with van der Waals surface area (Å²) in [6.07, 6.45) is 9.52. The van der Waals surface area contributed by atoms with Gasteiger partial charge in [0.2, 0.25) is 0 Å². The third-order valence-corrected chi connectivity index (χ3v) is 3.34. The van der Waals surface area contributed by atoms with Gasteiger partial charge in [-0.15, -0.1) is 0 Å². The average molecular weight is 210 g/mol. The largest absolute Gasteiger partial charge is 0.273 e. The maximum Gasteiger partial charge on any atom is 0.0260 e. The van der Waals surface area contributed by atoms with Crippen LogP contribution < -0.4 is 4.72 Å².